The van der Waals surface area contributed by atoms with Gasteiger partial charge in [0.05, 0.1) is 0 Å². The molecule has 0 aromatic carbocycles. The van der Waals surface area contributed by atoms with Gasteiger partial charge in [-0.1, -0.05) is 91.1 Å². The summed E-state index contributed by atoms with van der Waals surface area (Å²) >= 11 is 0. The Morgan fingerprint density at radius 2 is 1.32 bits per heavy atom. The minimum atomic E-state index is -0.286. The lowest BCUT2D eigenvalue weighted by Crippen LogP contribution is -2.15. The van der Waals surface area contributed by atoms with Crippen LogP contribution in [0, 0.1) is 0 Å². The molecule has 2 heteroatoms. The van der Waals surface area contributed by atoms with Gasteiger partial charge in [-0.15, -0.1) is 0 Å². The predicted molar refractivity (Wildman–Crippen MR) is 96.1 cm³/mol. The summed E-state index contributed by atoms with van der Waals surface area (Å²) in [6.07, 6.45) is 19.6. The van der Waals surface area contributed by atoms with E-state index >= 15 is 0 Å². The molecule has 0 aromatic rings. The highest BCUT2D eigenvalue weighted by Gasteiger charge is 2.09. The van der Waals surface area contributed by atoms with Gasteiger partial charge in [-0.05, 0) is 19.3 Å². The van der Waals surface area contributed by atoms with Crippen molar-refractivity contribution < 1.29 is 9.53 Å². The van der Waals surface area contributed by atoms with Gasteiger partial charge in [-0.2, -0.15) is 0 Å². The van der Waals surface area contributed by atoms with Gasteiger partial charge in [-0.3, -0.25) is 0 Å². The van der Waals surface area contributed by atoms with Crippen LogP contribution in [0.5, 0.6) is 0 Å². The van der Waals surface area contributed by atoms with Crippen LogP contribution in [-0.2, 0) is 9.53 Å². The molecule has 130 valence electrons. The van der Waals surface area contributed by atoms with Crippen LogP contribution in [-0.4, -0.2) is 12.1 Å². The standard InChI is InChI=1S/C20H38O2/c1-4-7-8-9-10-11-12-13-14-15-16-17-18-19(5-2)22-20(21)6-3/h6,19H,3-5,7-18H2,1-2H3. The number of unbranched alkanes of at least 4 members (excludes halogenated alkanes) is 11. The van der Waals surface area contributed by atoms with E-state index in [0.29, 0.717) is 0 Å². The summed E-state index contributed by atoms with van der Waals surface area (Å²) in [7, 11) is 0. The van der Waals surface area contributed by atoms with Crippen molar-refractivity contribution in [1.29, 1.82) is 0 Å². The van der Waals surface area contributed by atoms with Crippen molar-refractivity contribution in [3.63, 3.8) is 0 Å². The Bertz CT molecular complexity index is 260. The number of hydrogen-bond donors (Lipinski definition) is 0. The van der Waals surface area contributed by atoms with E-state index < -0.39 is 0 Å². The van der Waals surface area contributed by atoms with Crippen molar-refractivity contribution in [1.82, 2.24) is 0 Å². The second kappa shape index (κ2) is 16.6. The Hall–Kier alpha value is -0.790. The first-order chi connectivity index (χ1) is 10.7. The van der Waals surface area contributed by atoms with Gasteiger partial charge in [0.25, 0.3) is 0 Å². The largest absolute Gasteiger partial charge is 0.459 e. The lowest BCUT2D eigenvalue weighted by atomic mass is 10.0. The zero-order valence-corrected chi connectivity index (χ0v) is 15.1. The van der Waals surface area contributed by atoms with Crippen molar-refractivity contribution in [3.05, 3.63) is 12.7 Å². The van der Waals surface area contributed by atoms with Crippen molar-refractivity contribution >= 4 is 5.97 Å². The number of carbonyl (C=O) groups is 1. The smallest absolute Gasteiger partial charge is 0.330 e. The van der Waals surface area contributed by atoms with Crippen molar-refractivity contribution in [2.45, 2.75) is 110 Å². The highest BCUT2D eigenvalue weighted by Crippen LogP contribution is 2.14. The monoisotopic (exact) mass is 310 g/mol. The molecule has 0 rings (SSSR count). The van der Waals surface area contributed by atoms with E-state index in [4.69, 9.17) is 4.74 Å². The molecule has 2 nitrogen and oxygen atoms in total. The van der Waals surface area contributed by atoms with E-state index in [1.807, 2.05) is 0 Å². The van der Waals surface area contributed by atoms with Gasteiger partial charge >= 0.3 is 5.97 Å². The Balaban J connectivity index is 3.28. The fourth-order valence-electron chi connectivity index (χ4n) is 2.77. The third-order valence-corrected chi connectivity index (χ3v) is 4.28. The Labute approximate surface area is 138 Å². The number of carbonyl (C=O) groups excluding carboxylic acids is 1. The van der Waals surface area contributed by atoms with Gasteiger partial charge < -0.3 is 4.74 Å². The molecular weight excluding hydrogens is 272 g/mol. The van der Waals surface area contributed by atoms with Gasteiger partial charge in [0.1, 0.15) is 6.10 Å². The lowest BCUT2D eigenvalue weighted by molar-refractivity contribution is -0.143. The van der Waals surface area contributed by atoms with Crippen LogP contribution in [0.15, 0.2) is 12.7 Å². The van der Waals surface area contributed by atoms with Crippen LogP contribution in [0.3, 0.4) is 0 Å². The van der Waals surface area contributed by atoms with Gasteiger partial charge in [0.2, 0.25) is 0 Å². The van der Waals surface area contributed by atoms with E-state index in [1.165, 1.54) is 83.1 Å². The summed E-state index contributed by atoms with van der Waals surface area (Å²) in [6.45, 7) is 7.78. The lowest BCUT2D eigenvalue weighted by Gasteiger charge is -2.14. The molecule has 0 aromatic heterocycles. The number of rotatable bonds is 16. The minimum Gasteiger partial charge on any atom is -0.459 e. The van der Waals surface area contributed by atoms with Crippen molar-refractivity contribution in [2.75, 3.05) is 0 Å². The summed E-state index contributed by atoms with van der Waals surface area (Å²) < 4.78 is 5.29. The van der Waals surface area contributed by atoms with Gasteiger partial charge in [-0.25, -0.2) is 4.79 Å². The zero-order chi connectivity index (χ0) is 16.5. The quantitative estimate of drug-likeness (QED) is 0.183. The molecule has 22 heavy (non-hydrogen) atoms. The number of esters is 1. The molecule has 0 heterocycles. The molecular formula is C20H38O2. The maximum Gasteiger partial charge on any atom is 0.330 e. The van der Waals surface area contributed by atoms with Crippen molar-refractivity contribution in [3.8, 4) is 0 Å². The summed E-state index contributed by atoms with van der Waals surface area (Å²) in [4.78, 5) is 11.2. The SMILES string of the molecule is C=CC(=O)OC(CC)CCCCCCCCCCCCCC. The highest BCUT2D eigenvalue weighted by atomic mass is 16.5. The van der Waals surface area contributed by atoms with E-state index in [1.54, 1.807) is 0 Å². The normalized spacial score (nSPS) is 12.1. The van der Waals surface area contributed by atoms with Crippen LogP contribution < -0.4 is 0 Å². The van der Waals surface area contributed by atoms with Crippen LogP contribution in [0.25, 0.3) is 0 Å². The molecule has 0 bridgehead atoms. The topological polar surface area (TPSA) is 26.3 Å². The van der Waals surface area contributed by atoms with Crippen LogP contribution >= 0.6 is 0 Å². The molecule has 0 fully saturated rings. The molecule has 0 aliphatic rings. The van der Waals surface area contributed by atoms with E-state index in [-0.39, 0.29) is 12.1 Å². The third kappa shape index (κ3) is 14.2. The molecule has 0 aliphatic carbocycles. The Morgan fingerprint density at radius 1 is 0.864 bits per heavy atom. The molecule has 0 saturated heterocycles. The first kappa shape index (κ1) is 21.2. The molecule has 0 radical (unpaired) electrons. The first-order valence-electron chi connectivity index (χ1n) is 9.57. The first-order valence-corrected chi connectivity index (χ1v) is 9.57. The second-order valence-electron chi connectivity index (χ2n) is 6.35. The summed E-state index contributed by atoms with van der Waals surface area (Å²) in [5.41, 5.74) is 0. The van der Waals surface area contributed by atoms with E-state index in [0.717, 1.165) is 12.8 Å². The minimum absolute atomic E-state index is 0.0774. The van der Waals surface area contributed by atoms with E-state index in [9.17, 15) is 4.79 Å². The fraction of sp³-hybridized carbons (Fsp3) is 0.850. The Kier molecular flexibility index (Phi) is 16.0. The molecule has 1 unspecified atom stereocenters. The molecule has 0 spiro atoms. The average molecular weight is 311 g/mol. The molecule has 1 atom stereocenters. The third-order valence-electron chi connectivity index (χ3n) is 4.28. The highest BCUT2D eigenvalue weighted by molar-refractivity contribution is 5.81. The van der Waals surface area contributed by atoms with Gasteiger partial charge in [0, 0.05) is 6.08 Å². The Morgan fingerprint density at radius 3 is 1.73 bits per heavy atom. The predicted octanol–water partition coefficient (Wildman–Crippen LogP) is 6.59. The zero-order valence-electron chi connectivity index (χ0n) is 15.1. The summed E-state index contributed by atoms with van der Waals surface area (Å²) in [5.74, 6) is -0.286. The van der Waals surface area contributed by atoms with Crippen LogP contribution in [0.1, 0.15) is 104 Å². The molecule has 0 N–H and O–H groups in total. The number of hydrogen-bond acceptors (Lipinski definition) is 2. The van der Waals surface area contributed by atoms with Crippen LogP contribution in [0.2, 0.25) is 0 Å². The maximum atomic E-state index is 11.2. The van der Waals surface area contributed by atoms with Crippen LogP contribution in [0.4, 0.5) is 0 Å². The molecule has 0 saturated carbocycles. The second-order valence-corrected chi connectivity index (χ2v) is 6.35. The van der Waals surface area contributed by atoms with Crippen molar-refractivity contribution in [2.24, 2.45) is 0 Å². The summed E-state index contributed by atoms with van der Waals surface area (Å²) in [5, 5.41) is 0. The molecule has 0 amide bonds. The average Bonchev–Trinajstić information content (AvgIpc) is 2.54. The maximum absolute atomic E-state index is 11.2. The number of ether oxygens (including phenoxy) is 1. The fourth-order valence-corrected chi connectivity index (χ4v) is 2.77. The van der Waals surface area contributed by atoms with E-state index in [2.05, 4.69) is 20.4 Å². The summed E-state index contributed by atoms with van der Waals surface area (Å²) in [6, 6.07) is 0. The van der Waals surface area contributed by atoms with Gasteiger partial charge in [0.15, 0.2) is 0 Å². The molecule has 0 aliphatic heterocycles.